The molecule has 3 heteroatoms. The van der Waals surface area contributed by atoms with Gasteiger partial charge in [0.2, 0.25) is 0 Å². The molecule has 0 saturated carbocycles. The van der Waals surface area contributed by atoms with Crippen molar-refractivity contribution in [3.63, 3.8) is 0 Å². The fourth-order valence-corrected chi connectivity index (χ4v) is 2.55. The zero-order chi connectivity index (χ0) is 9.97. The summed E-state index contributed by atoms with van der Waals surface area (Å²) in [7, 11) is 0. The van der Waals surface area contributed by atoms with Crippen LogP contribution < -0.4 is 5.32 Å². The molecule has 0 aromatic heterocycles. The van der Waals surface area contributed by atoms with Gasteiger partial charge in [-0.25, -0.2) is 0 Å². The number of hydrogen-bond donors (Lipinski definition) is 1. The summed E-state index contributed by atoms with van der Waals surface area (Å²) in [4.78, 5) is 2.61. The van der Waals surface area contributed by atoms with E-state index < -0.39 is 0 Å². The van der Waals surface area contributed by atoms with Crippen LogP contribution >= 0.6 is 0 Å². The van der Waals surface area contributed by atoms with Crippen molar-refractivity contribution in [3.8, 4) is 0 Å². The number of rotatable bonds is 1. The second-order valence-electron chi connectivity index (χ2n) is 4.70. The summed E-state index contributed by atoms with van der Waals surface area (Å²) in [5.74, 6) is 0. The number of morpholine rings is 1. The average molecular weight is 198 g/mol. The third kappa shape index (κ3) is 2.27. The Labute approximate surface area is 86.8 Å². The van der Waals surface area contributed by atoms with Gasteiger partial charge in [0, 0.05) is 31.2 Å². The number of ether oxygens (including phenoxy) is 1. The van der Waals surface area contributed by atoms with Crippen molar-refractivity contribution in [3.05, 3.63) is 0 Å². The van der Waals surface area contributed by atoms with E-state index >= 15 is 0 Å². The zero-order valence-corrected chi connectivity index (χ0v) is 9.33. The van der Waals surface area contributed by atoms with Crippen LogP contribution in [0.2, 0.25) is 0 Å². The van der Waals surface area contributed by atoms with Gasteiger partial charge in [-0.1, -0.05) is 0 Å². The van der Waals surface area contributed by atoms with Crippen LogP contribution in [0, 0.1) is 0 Å². The summed E-state index contributed by atoms with van der Waals surface area (Å²) in [6.07, 6.45) is 2.66. The number of piperidine rings is 1. The van der Waals surface area contributed by atoms with Gasteiger partial charge in [0.1, 0.15) is 0 Å². The van der Waals surface area contributed by atoms with Crippen molar-refractivity contribution in [2.45, 2.75) is 44.8 Å². The van der Waals surface area contributed by atoms with Crippen molar-refractivity contribution in [1.29, 1.82) is 0 Å². The molecule has 82 valence electrons. The van der Waals surface area contributed by atoms with Crippen LogP contribution in [0.5, 0.6) is 0 Å². The fourth-order valence-electron chi connectivity index (χ4n) is 2.55. The molecular formula is C11H22N2O. The second kappa shape index (κ2) is 4.60. The molecule has 0 aromatic rings. The van der Waals surface area contributed by atoms with Crippen LogP contribution in [0.15, 0.2) is 0 Å². The summed E-state index contributed by atoms with van der Waals surface area (Å²) >= 11 is 0. The van der Waals surface area contributed by atoms with E-state index in [-0.39, 0.29) is 0 Å². The molecule has 0 aromatic carbocycles. The van der Waals surface area contributed by atoms with Crippen LogP contribution in [0.1, 0.15) is 26.7 Å². The van der Waals surface area contributed by atoms with E-state index in [1.54, 1.807) is 0 Å². The molecular weight excluding hydrogens is 176 g/mol. The molecule has 2 aliphatic rings. The lowest BCUT2D eigenvalue weighted by Gasteiger charge is -2.42. The molecule has 3 nitrogen and oxygen atoms in total. The highest BCUT2D eigenvalue weighted by molar-refractivity contribution is 4.85. The van der Waals surface area contributed by atoms with Gasteiger partial charge in [-0.3, -0.25) is 4.90 Å². The smallest absolute Gasteiger partial charge is 0.0619 e. The number of hydrogen-bond acceptors (Lipinski definition) is 3. The van der Waals surface area contributed by atoms with E-state index in [9.17, 15) is 0 Å². The van der Waals surface area contributed by atoms with Gasteiger partial charge in [0.05, 0.1) is 13.2 Å². The maximum Gasteiger partial charge on any atom is 0.0619 e. The lowest BCUT2D eigenvalue weighted by molar-refractivity contribution is -0.0279. The lowest BCUT2D eigenvalue weighted by atomic mass is 9.99. The maximum atomic E-state index is 5.46. The molecule has 0 bridgehead atoms. The average Bonchev–Trinajstić information content (AvgIpc) is 2.20. The zero-order valence-electron chi connectivity index (χ0n) is 9.33. The normalized spacial score (nSPS) is 41.1. The first-order valence-corrected chi connectivity index (χ1v) is 5.84. The largest absolute Gasteiger partial charge is 0.379 e. The van der Waals surface area contributed by atoms with Crippen LogP contribution in [0.4, 0.5) is 0 Å². The Morgan fingerprint density at radius 3 is 2.79 bits per heavy atom. The molecule has 0 spiro atoms. The monoisotopic (exact) mass is 198 g/mol. The first-order valence-electron chi connectivity index (χ1n) is 5.84. The number of nitrogens with zero attached hydrogens (tertiary/aromatic N) is 1. The fraction of sp³-hybridized carbons (Fsp3) is 1.00. The summed E-state index contributed by atoms with van der Waals surface area (Å²) in [6.45, 7) is 8.64. The molecule has 2 aliphatic heterocycles. The molecule has 0 radical (unpaired) electrons. The molecule has 2 saturated heterocycles. The molecule has 2 rings (SSSR count). The van der Waals surface area contributed by atoms with Gasteiger partial charge >= 0.3 is 0 Å². The van der Waals surface area contributed by atoms with Gasteiger partial charge in [0.25, 0.3) is 0 Å². The highest BCUT2D eigenvalue weighted by Gasteiger charge is 2.28. The first-order chi connectivity index (χ1) is 6.77. The molecule has 2 fully saturated rings. The third-order valence-electron chi connectivity index (χ3n) is 3.52. The highest BCUT2D eigenvalue weighted by atomic mass is 16.5. The van der Waals surface area contributed by atoms with E-state index in [0.717, 1.165) is 32.3 Å². The lowest BCUT2D eigenvalue weighted by Crippen LogP contribution is -2.55. The summed E-state index contributed by atoms with van der Waals surface area (Å²) in [6, 6.07) is 2.05. The van der Waals surface area contributed by atoms with Crippen molar-refractivity contribution in [2.24, 2.45) is 0 Å². The highest BCUT2D eigenvalue weighted by Crippen LogP contribution is 2.18. The van der Waals surface area contributed by atoms with Crippen LogP contribution in [0.25, 0.3) is 0 Å². The van der Waals surface area contributed by atoms with Gasteiger partial charge in [-0.15, -0.1) is 0 Å². The van der Waals surface area contributed by atoms with E-state index in [2.05, 4.69) is 24.1 Å². The quantitative estimate of drug-likeness (QED) is 0.676. The topological polar surface area (TPSA) is 24.5 Å². The van der Waals surface area contributed by atoms with Crippen LogP contribution in [-0.2, 0) is 4.74 Å². The number of nitrogens with one attached hydrogen (secondary N) is 1. The van der Waals surface area contributed by atoms with E-state index in [1.807, 2.05) is 0 Å². The molecule has 3 atom stereocenters. The van der Waals surface area contributed by atoms with Gasteiger partial charge < -0.3 is 10.1 Å². The van der Waals surface area contributed by atoms with E-state index in [4.69, 9.17) is 4.74 Å². The Morgan fingerprint density at radius 2 is 2.14 bits per heavy atom. The minimum atomic E-state index is 0.601. The molecule has 1 N–H and O–H groups in total. The van der Waals surface area contributed by atoms with Crippen molar-refractivity contribution in [2.75, 3.05) is 26.3 Å². The van der Waals surface area contributed by atoms with E-state index in [1.165, 1.54) is 12.8 Å². The summed E-state index contributed by atoms with van der Waals surface area (Å²) in [5.41, 5.74) is 0. The molecule has 2 heterocycles. The van der Waals surface area contributed by atoms with E-state index in [0.29, 0.717) is 12.1 Å². The Kier molecular flexibility index (Phi) is 3.42. The Hall–Kier alpha value is -0.120. The summed E-state index contributed by atoms with van der Waals surface area (Å²) < 4.78 is 5.46. The Balaban J connectivity index is 1.87. The minimum absolute atomic E-state index is 0.601. The first kappa shape index (κ1) is 10.4. The predicted octanol–water partition coefficient (Wildman–Crippen LogP) is 0.848. The summed E-state index contributed by atoms with van der Waals surface area (Å²) in [5, 5.41) is 3.57. The maximum absolute atomic E-state index is 5.46. The van der Waals surface area contributed by atoms with Gasteiger partial charge in [-0.2, -0.15) is 0 Å². The van der Waals surface area contributed by atoms with Crippen molar-refractivity contribution < 1.29 is 4.74 Å². The minimum Gasteiger partial charge on any atom is -0.379 e. The molecule has 14 heavy (non-hydrogen) atoms. The Morgan fingerprint density at radius 1 is 1.29 bits per heavy atom. The van der Waals surface area contributed by atoms with Crippen LogP contribution in [-0.4, -0.2) is 49.3 Å². The van der Waals surface area contributed by atoms with Crippen molar-refractivity contribution >= 4 is 0 Å². The predicted molar refractivity (Wildman–Crippen MR) is 57.5 cm³/mol. The third-order valence-corrected chi connectivity index (χ3v) is 3.52. The molecule has 0 aliphatic carbocycles. The molecule has 3 unspecified atom stereocenters. The SMILES string of the molecule is CC1CCC(N2CCOCC2C)CN1. The molecule has 0 amide bonds. The van der Waals surface area contributed by atoms with Crippen molar-refractivity contribution in [1.82, 2.24) is 10.2 Å². The van der Waals surface area contributed by atoms with Crippen LogP contribution in [0.3, 0.4) is 0 Å². The van der Waals surface area contributed by atoms with Gasteiger partial charge in [-0.05, 0) is 26.7 Å². The second-order valence-corrected chi connectivity index (χ2v) is 4.70. The van der Waals surface area contributed by atoms with Gasteiger partial charge in [0.15, 0.2) is 0 Å². The standard InChI is InChI=1S/C11H22N2O/c1-9-3-4-11(7-12-9)13-5-6-14-8-10(13)2/h9-12H,3-8H2,1-2H3. The Bertz CT molecular complexity index is 178.